The highest BCUT2D eigenvalue weighted by molar-refractivity contribution is 7.80. The van der Waals surface area contributed by atoms with Crippen LogP contribution in [0.5, 0.6) is 5.75 Å². The van der Waals surface area contributed by atoms with Crippen molar-refractivity contribution in [1.82, 2.24) is 16.2 Å². The number of amides is 3. The molecule has 9 heteroatoms. The summed E-state index contributed by atoms with van der Waals surface area (Å²) in [5.74, 6) is -0.191. The van der Waals surface area contributed by atoms with E-state index in [1.54, 1.807) is 24.3 Å². The number of rotatable bonds is 9. The number of hydrazine groups is 1. The Balaban J connectivity index is 2.24. The third kappa shape index (κ3) is 10.1. The van der Waals surface area contributed by atoms with Gasteiger partial charge in [-0.25, -0.2) is 0 Å². The van der Waals surface area contributed by atoms with Crippen molar-refractivity contribution >= 4 is 40.7 Å². The summed E-state index contributed by atoms with van der Waals surface area (Å²) >= 11 is 4.90. The van der Waals surface area contributed by atoms with E-state index in [1.165, 1.54) is 0 Å². The number of hydrogen-bond donors (Lipinski definition) is 4. The Hall–Kier alpha value is -2.68. The number of thiocarbonyl (C=S) groups is 1. The summed E-state index contributed by atoms with van der Waals surface area (Å²) in [7, 11) is 0. The van der Waals surface area contributed by atoms with Crippen LogP contribution in [0.4, 0.5) is 5.69 Å². The molecular weight excluding hydrogens is 368 g/mol. The minimum absolute atomic E-state index is 0.0103. The van der Waals surface area contributed by atoms with Gasteiger partial charge in [-0.15, -0.1) is 0 Å². The second-order valence-electron chi connectivity index (χ2n) is 5.66. The number of carbonyl (C=O) groups excluding carboxylic acids is 3. The van der Waals surface area contributed by atoms with E-state index in [9.17, 15) is 14.4 Å². The van der Waals surface area contributed by atoms with E-state index < -0.39 is 5.91 Å². The average molecular weight is 394 g/mol. The predicted octanol–water partition coefficient (Wildman–Crippen LogP) is 2.02. The summed E-state index contributed by atoms with van der Waals surface area (Å²) in [4.78, 5) is 35.1. The van der Waals surface area contributed by atoms with E-state index in [1.807, 2.05) is 13.8 Å². The fourth-order valence-corrected chi connectivity index (χ4v) is 2.16. The molecule has 0 aromatic heterocycles. The molecule has 0 fully saturated rings. The molecule has 0 aliphatic carbocycles. The lowest BCUT2D eigenvalue weighted by Crippen LogP contribution is -2.48. The fourth-order valence-electron chi connectivity index (χ4n) is 2.00. The van der Waals surface area contributed by atoms with Gasteiger partial charge in [0.25, 0.3) is 0 Å². The van der Waals surface area contributed by atoms with Gasteiger partial charge in [0, 0.05) is 24.9 Å². The molecule has 0 saturated heterocycles. The Morgan fingerprint density at radius 3 is 2.22 bits per heavy atom. The molecule has 0 aliphatic rings. The Bertz CT molecular complexity index is 649. The van der Waals surface area contributed by atoms with Crippen molar-refractivity contribution in [1.29, 1.82) is 0 Å². The third-order valence-electron chi connectivity index (χ3n) is 3.35. The Labute approximate surface area is 164 Å². The first-order chi connectivity index (χ1) is 12.9. The minimum Gasteiger partial charge on any atom is -0.494 e. The van der Waals surface area contributed by atoms with E-state index in [0.29, 0.717) is 18.7 Å². The first-order valence-corrected chi connectivity index (χ1v) is 9.26. The highest BCUT2D eigenvalue weighted by atomic mass is 32.1. The van der Waals surface area contributed by atoms with Crippen LogP contribution in [-0.2, 0) is 14.4 Å². The first-order valence-electron chi connectivity index (χ1n) is 8.86. The molecule has 0 unspecified atom stereocenters. The monoisotopic (exact) mass is 394 g/mol. The van der Waals surface area contributed by atoms with Crippen LogP contribution in [0.3, 0.4) is 0 Å². The summed E-state index contributed by atoms with van der Waals surface area (Å²) in [6.45, 7) is 4.44. The molecule has 0 atom stereocenters. The number of anilines is 1. The third-order valence-corrected chi connectivity index (χ3v) is 3.56. The van der Waals surface area contributed by atoms with E-state index in [2.05, 4.69) is 21.5 Å². The summed E-state index contributed by atoms with van der Waals surface area (Å²) < 4.78 is 5.32. The number of benzene rings is 1. The second-order valence-corrected chi connectivity index (χ2v) is 6.07. The van der Waals surface area contributed by atoms with Crippen LogP contribution < -0.4 is 26.2 Å². The van der Waals surface area contributed by atoms with Crippen molar-refractivity contribution in [2.24, 2.45) is 0 Å². The van der Waals surface area contributed by atoms with Crippen LogP contribution in [0.25, 0.3) is 0 Å². The summed E-state index contributed by atoms with van der Waals surface area (Å²) in [5.41, 5.74) is 5.40. The van der Waals surface area contributed by atoms with E-state index in [4.69, 9.17) is 17.0 Å². The van der Waals surface area contributed by atoms with E-state index in [0.717, 1.165) is 18.6 Å². The van der Waals surface area contributed by atoms with E-state index in [-0.39, 0.29) is 29.8 Å². The Kier molecular flexibility index (Phi) is 10.5. The van der Waals surface area contributed by atoms with Gasteiger partial charge in [-0.05, 0) is 49.8 Å². The van der Waals surface area contributed by atoms with Gasteiger partial charge in [0.2, 0.25) is 17.7 Å². The molecule has 27 heavy (non-hydrogen) atoms. The zero-order chi connectivity index (χ0) is 20.1. The fraction of sp³-hybridized carbons (Fsp3) is 0.444. The van der Waals surface area contributed by atoms with Crippen LogP contribution >= 0.6 is 12.2 Å². The SMILES string of the molecule is CCCCC(=O)NC(=S)NNC(=O)CCC(=O)Nc1ccc(OCC)cc1. The van der Waals surface area contributed by atoms with Gasteiger partial charge in [0.15, 0.2) is 5.11 Å². The molecule has 0 bridgehead atoms. The van der Waals surface area contributed by atoms with Gasteiger partial charge >= 0.3 is 0 Å². The van der Waals surface area contributed by atoms with E-state index >= 15 is 0 Å². The van der Waals surface area contributed by atoms with Crippen LogP contribution in [-0.4, -0.2) is 29.4 Å². The van der Waals surface area contributed by atoms with Crippen molar-refractivity contribution in [2.75, 3.05) is 11.9 Å². The molecule has 8 nitrogen and oxygen atoms in total. The number of ether oxygens (including phenoxy) is 1. The van der Waals surface area contributed by atoms with Gasteiger partial charge < -0.3 is 15.4 Å². The van der Waals surface area contributed by atoms with Gasteiger partial charge in [-0.2, -0.15) is 0 Å². The molecule has 0 saturated carbocycles. The Morgan fingerprint density at radius 1 is 0.926 bits per heavy atom. The van der Waals surface area contributed by atoms with Crippen molar-refractivity contribution in [3.8, 4) is 5.75 Å². The summed E-state index contributed by atoms with van der Waals surface area (Å²) in [5, 5.41) is 5.17. The molecule has 0 heterocycles. The molecule has 3 amide bonds. The highest BCUT2D eigenvalue weighted by Gasteiger charge is 2.09. The molecule has 0 aliphatic heterocycles. The molecule has 1 aromatic carbocycles. The predicted molar refractivity (Wildman–Crippen MR) is 107 cm³/mol. The maximum atomic E-state index is 11.9. The summed E-state index contributed by atoms with van der Waals surface area (Å²) in [6, 6.07) is 6.96. The van der Waals surface area contributed by atoms with Crippen LogP contribution in [0.2, 0.25) is 0 Å². The van der Waals surface area contributed by atoms with Gasteiger partial charge in [0.1, 0.15) is 5.75 Å². The van der Waals surface area contributed by atoms with Gasteiger partial charge in [-0.1, -0.05) is 13.3 Å². The lowest BCUT2D eigenvalue weighted by Gasteiger charge is -2.11. The minimum atomic E-state index is -0.415. The smallest absolute Gasteiger partial charge is 0.238 e. The van der Waals surface area contributed by atoms with Crippen molar-refractivity contribution in [3.63, 3.8) is 0 Å². The molecule has 0 spiro atoms. The average Bonchev–Trinajstić information content (AvgIpc) is 2.65. The summed E-state index contributed by atoms with van der Waals surface area (Å²) in [6.07, 6.45) is 2.03. The van der Waals surface area contributed by atoms with Crippen molar-refractivity contribution in [3.05, 3.63) is 24.3 Å². The van der Waals surface area contributed by atoms with Crippen LogP contribution in [0.1, 0.15) is 46.0 Å². The van der Waals surface area contributed by atoms with Crippen LogP contribution in [0, 0.1) is 0 Å². The van der Waals surface area contributed by atoms with Crippen molar-refractivity contribution in [2.45, 2.75) is 46.0 Å². The number of carbonyl (C=O) groups is 3. The molecule has 4 N–H and O–H groups in total. The molecule has 0 radical (unpaired) electrons. The number of unbranched alkanes of at least 4 members (excludes halogenated alkanes) is 1. The van der Waals surface area contributed by atoms with Crippen molar-refractivity contribution < 1.29 is 19.1 Å². The van der Waals surface area contributed by atoms with Gasteiger partial charge in [-0.3, -0.25) is 25.2 Å². The molecule has 148 valence electrons. The standard InChI is InChI=1S/C18H26N4O4S/c1-3-5-6-15(23)20-18(27)22-21-17(25)12-11-16(24)19-13-7-9-14(10-8-13)26-4-2/h7-10H,3-6,11-12H2,1-2H3,(H,19,24)(H,21,25)(H2,20,22,23,27). The Morgan fingerprint density at radius 2 is 1.59 bits per heavy atom. The van der Waals surface area contributed by atoms with Crippen LogP contribution in [0.15, 0.2) is 24.3 Å². The lowest BCUT2D eigenvalue weighted by molar-refractivity contribution is -0.124. The maximum Gasteiger partial charge on any atom is 0.238 e. The lowest BCUT2D eigenvalue weighted by atomic mass is 10.2. The zero-order valence-corrected chi connectivity index (χ0v) is 16.4. The first kappa shape index (κ1) is 22.4. The number of nitrogens with one attached hydrogen (secondary N) is 4. The molecular formula is C18H26N4O4S. The second kappa shape index (κ2) is 12.6. The zero-order valence-electron chi connectivity index (χ0n) is 15.6. The quantitative estimate of drug-likeness (QED) is 0.377. The maximum absolute atomic E-state index is 11.9. The normalized spacial score (nSPS) is 9.85. The topological polar surface area (TPSA) is 109 Å². The number of hydrogen-bond acceptors (Lipinski definition) is 5. The molecule has 1 rings (SSSR count). The highest BCUT2D eigenvalue weighted by Crippen LogP contribution is 2.15. The van der Waals surface area contributed by atoms with Gasteiger partial charge in [0.05, 0.1) is 6.61 Å². The molecule has 1 aromatic rings. The largest absolute Gasteiger partial charge is 0.494 e.